The molecule has 2 aromatic heterocycles. The number of hydrogen-bond acceptors (Lipinski definition) is 4. The number of aryl methyl sites for hydroxylation is 1. The summed E-state index contributed by atoms with van der Waals surface area (Å²) in [6.45, 7) is 1.97. The zero-order chi connectivity index (χ0) is 14.7. The van der Waals surface area contributed by atoms with E-state index in [1.54, 1.807) is 12.4 Å². The number of benzene rings is 1. The van der Waals surface area contributed by atoms with Crippen molar-refractivity contribution in [2.24, 2.45) is 0 Å². The Kier molecular flexibility index (Phi) is 3.44. The van der Waals surface area contributed by atoms with Crippen molar-refractivity contribution in [3.05, 3.63) is 59.9 Å². The molecular weight excluding hydrogens is 262 g/mol. The highest BCUT2D eigenvalue weighted by Gasteiger charge is 2.08. The molecule has 3 aromatic rings. The molecule has 102 valence electrons. The molecule has 3 rings (SSSR count). The predicted octanol–water partition coefficient (Wildman–Crippen LogP) is 2.70. The van der Waals surface area contributed by atoms with E-state index in [9.17, 15) is 0 Å². The molecule has 0 N–H and O–H groups in total. The lowest BCUT2D eigenvalue weighted by Gasteiger charge is -2.02. The van der Waals surface area contributed by atoms with Crippen LogP contribution in [0.25, 0.3) is 17.1 Å². The fourth-order valence-electron chi connectivity index (χ4n) is 2.12. The number of hydrogen-bond donors (Lipinski definition) is 0. The van der Waals surface area contributed by atoms with E-state index in [-0.39, 0.29) is 0 Å². The van der Waals surface area contributed by atoms with Crippen LogP contribution < -0.4 is 0 Å². The fourth-order valence-corrected chi connectivity index (χ4v) is 2.12. The molecule has 0 fully saturated rings. The van der Waals surface area contributed by atoms with Crippen LogP contribution in [0, 0.1) is 18.3 Å². The molecule has 0 aliphatic rings. The van der Waals surface area contributed by atoms with Crippen LogP contribution in [0.4, 0.5) is 0 Å². The summed E-state index contributed by atoms with van der Waals surface area (Å²) < 4.78 is 0. The third-order valence-electron chi connectivity index (χ3n) is 3.17. The van der Waals surface area contributed by atoms with Gasteiger partial charge >= 0.3 is 0 Å². The smallest absolute Gasteiger partial charge is 0.177 e. The van der Waals surface area contributed by atoms with Crippen LogP contribution in [0.5, 0.6) is 0 Å². The number of aromatic nitrogens is 4. The second-order valence-electron chi connectivity index (χ2n) is 4.70. The Bertz CT molecular complexity index is 813. The summed E-state index contributed by atoms with van der Waals surface area (Å²) in [6.07, 6.45) is 3.82. The van der Waals surface area contributed by atoms with Crippen LogP contribution in [0.2, 0.25) is 0 Å². The van der Waals surface area contributed by atoms with Crippen LogP contribution in [-0.2, 0) is 6.42 Å². The average molecular weight is 275 g/mol. The average Bonchev–Trinajstić information content (AvgIpc) is 2.98. The lowest BCUT2D eigenvalue weighted by atomic mass is 10.1. The van der Waals surface area contributed by atoms with Gasteiger partial charge in [-0.25, -0.2) is 4.98 Å². The van der Waals surface area contributed by atoms with E-state index in [0.717, 1.165) is 28.2 Å². The molecule has 0 bridgehead atoms. The number of pyridine rings is 1. The summed E-state index contributed by atoms with van der Waals surface area (Å²) in [5.74, 6) is 0.719. The third kappa shape index (κ3) is 2.65. The van der Waals surface area contributed by atoms with Crippen molar-refractivity contribution in [1.82, 2.24) is 20.0 Å². The number of nitrogens with zero attached hydrogens (tertiary/aromatic N) is 5. The van der Waals surface area contributed by atoms with Gasteiger partial charge < -0.3 is 0 Å². The van der Waals surface area contributed by atoms with Gasteiger partial charge in [0, 0.05) is 11.8 Å². The minimum Gasteiger partial charge on any atom is -0.235 e. The Morgan fingerprint density at radius 1 is 1.24 bits per heavy atom. The first-order valence-electron chi connectivity index (χ1n) is 6.58. The van der Waals surface area contributed by atoms with E-state index in [4.69, 9.17) is 5.26 Å². The van der Waals surface area contributed by atoms with Crippen LogP contribution >= 0.6 is 0 Å². The summed E-state index contributed by atoms with van der Waals surface area (Å²) in [4.78, 5) is 5.83. The lowest BCUT2D eigenvalue weighted by molar-refractivity contribution is 0.725. The molecule has 0 unspecified atom stereocenters. The Labute approximate surface area is 122 Å². The summed E-state index contributed by atoms with van der Waals surface area (Å²) in [5, 5.41) is 17.5. The SMILES string of the molecule is Cc1cccnc1-n1ncc(-c2cccc(CC#N)c2)n1. The van der Waals surface area contributed by atoms with Crippen LogP contribution in [0.1, 0.15) is 11.1 Å². The molecule has 0 radical (unpaired) electrons. The Morgan fingerprint density at radius 2 is 2.14 bits per heavy atom. The zero-order valence-electron chi connectivity index (χ0n) is 11.6. The van der Waals surface area contributed by atoms with Crippen molar-refractivity contribution in [3.8, 4) is 23.1 Å². The van der Waals surface area contributed by atoms with Gasteiger partial charge in [-0.2, -0.15) is 10.4 Å². The van der Waals surface area contributed by atoms with E-state index >= 15 is 0 Å². The van der Waals surface area contributed by atoms with Gasteiger partial charge in [0.1, 0.15) is 5.69 Å². The van der Waals surface area contributed by atoms with Gasteiger partial charge in [-0.3, -0.25) is 0 Å². The normalized spacial score (nSPS) is 10.3. The summed E-state index contributed by atoms with van der Waals surface area (Å²) in [6, 6.07) is 13.8. The first kappa shape index (κ1) is 13.0. The van der Waals surface area contributed by atoms with E-state index in [1.807, 2.05) is 43.3 Å². The van der Waals surface area contributed by atoms with Crippen LogP contribution in [0.15, 0.2) is 48.8 Å². The van der Waals surface area contributed by atoms with Crippen molar-refractivity contribution >= 4 is 0 Å². The van der Waals surface area contributed by atoms with Crippen molar-refractivity contribution < 1.29 is 0 Å². The van der Waals surface area contributed by atoms with Crippen molar-refractivity contribution in [1.29, 1.82) is 5.26 Å². The Balaban J connectivity index is 1.97. The highest BCUT2D eigenvalue weighted by Crippen LogP contribution is 2.19. The minimum atomic E-state index is 0.390. The quantitative estimate of drug-likeness (QED) is 0.737. The molecule has 5 heteroatoms. The summed E-state index contributed by atoms with van der Waals surface area (Å²) in [7, 11) is 0. The van der Waals surface area contributed by atoms with Gasteiger partial charge in [0.15, 0.2) is 5.82 Å². The highest BCUT2D eigenvalue weighted by atomic mass is 15.5. The maximum Gasteiger partial charge on any atom is 0.177 e. The summed E-state index contributed by atoms with van der Waals surface area (Å²) in [5.41, 5.74) is 3.69. The summed E-state index contributed by atoms with van der Waals surface area (Å²) >= 11 is 0. The van der Waals surface area contributed by atoms with E-state index < -0.39 is 0 Å². The minimum absolute atomic E-state index is 0.390. The molecule has 0 aliphatic carbocycles. The third-order valence-corrected chi connectivity index (χ3v) is 3.17. The van der Waals surface area contributed by atoms with Gasteiger partial charge in [0.2, 0.25) is 0 Å². The van der Waals surface area contributed by atoms with Crippen molar-refractivity contribution in [3.63, 3.8) is 0 Å². The Morgan fingerprint density at radius 3 is 2.95 bits per heavy atom. The number of rotatable bonds is 3. The maximum atomic E-state index is 8.77. The van der Waals surface area contributed by atoms with Crippen molar-refractivity contribution in [2.75, 3.05) is 0 Å². The largest absolute Gasteiger partial charge is 0.235 e. The molecule has 0 atom stereocenters. The first-order chi connectivity index (χ1) is 10.3. The van der Waals surface area contributed by atoms with Gasteiger partial charge in [-0.05, 0) is 30.2 Å². The lowest BCUT2D eigenvalue weighted by Crippen LogP contribution is -2.03. The van der Waals surface area contributed by atoms with Crippen molar-refractivity contribution in [2.45, 2.75) is 13.3 Å². The standard InChI is InChI=1S/C16H13N5/c1-12-4-3-9-18-16(12)21-19-11-15(20-21)14-6-2-5-13(10-14)7-8-17/h2-6,9-11H,7H2,1H3. The molecule has 0 saturated carbocycles. The van der Waals surface area contributed by atoms with E-state index in [1.165, 1.54) is 4.80 Å². The molecule has 0 amide bonds. The van der Waals surface area contributed by atoms with Gasteiger partial charge in [0.05, 0.1) is 18.7 Å². The predicted molar refractivity (Wildman–Crippen MR) is 78.6 cm³/mol. The number of nitriles is 1. The monoisotopic (exact) mass is 275 g/mol. The first-order valence-corrected chi connectivity index (χ1v) is 6.58. The zero-order valence-corrected chi connectivity index (χ0v) is 11.6. The highest BCUT2D eigenvalue weighted by molar-refractivity contribution is 5.59. The molecule has 0 saturated heterocycles. The topological polar surface area (TPSA) is 67.4 Å². The van der Waals surface area contributed by atoms with Gasteiger partial charge in [0.25, 0.3) is 0 Å². The van der Waals surface area contributed by atoms with Crippen LogP contribution in [0.3, 0.4) is 0 Å². The van der Waals surface area contributed by atoms with Gasteiger partial charge in [-0.15, -0.1) is 9.90 Å². The Hall–Kier alpha value is -3.00. The second-order valence-corrected chi connectivity index (χ2v) is 4.70. The molecule has 1 aromatic carbocycles. The molecule has 5 nitrogen and oxygen atoms in total. The second kappa shape index (κ2) is 5.55. The molecule has 2 heterocycles. The van der Waals surface area contributed by atoms with Gasteiger partial charge in [-0.1, -0.05) is 24.3 Å². The molecule has 0 aliphatic heterocycles. The van der Waals surface area contributed by atoms with E-state index in [0.29, 0.717) is 6.42 Å². The fraction of sp³-hybridized carbons (Fsp3) is 0.125. The maximum absolute atomic E-state index is 8.77. The molecule has 0 spiro atoms. The van der Waals surface area contributed by atoms with Crippen LogP contribution in [-0.4, -0.2) is 20.0 Å². The van der Waals surface area contributed by atoms with E-state index in [2.05, 4.69) is 21.3 Å². The molecule has 21 heavy (non-hydrogen) atoms. The molecular formula is C16H13N5.